The van der Waals surface area contributed by atoms with Crippen LogP contribution in [-0.4, -0.2) is 76.7 Å². The van der Waals surface area contributed by atoms with Crippen LogP contribution in [0.25, 0.3) is 0 Å². The SMILES string of the molecule is COC(=O)c1ccccc1OC1CCN(C(=O)C2(F)CCN(Cc3cnc(N)nc3)CC2)CC1. The van der Waals surface area contributed by atoms with Gasteiger partial charge >= 0.3 is 5.97 Å². The number of esters is 1. The van der Waals surface area contributed by atoms with E-state index in [4.69, 9.17) is 15.2 Å². The van der Waals surface area contributed by atoms with E-state index in [2.05, 4.69) is 14.9 Å². The number of para-hydroxylation sites is 1. The van der Waals surface area contributed by atoms with Gasteiger partial charge in [0.1, 0.15) is 17.4 Å². The number of methoxy groups -OCH3 is 1. The Morgan fingerprint density at radius 2 is 1.76 bits per heavy atom. The molecule has 0 unspecified atom stereocenters. The van der Waals surface area contributed by atoms with E-state index < -0.39 is 17.5 Å². The van der Waals surface area contributed by atoms with E-state index in [9.17, 15) is 9.59 Å². The van der Waals surface area contributed by atoms with E-state index in [1.165, 1.54) is 7.11 Å². The fourth-order valence-corrected chi connectivity index (χ4v) is 4.47. The van der Waals surface area contributed by atoms with Gasteiger partial charge in [0.15, 0.2) is 5.67 Å². The smallest absolute Gasteiger partial charge is 0.341 e. The van der Waals surface area contributed by atoms with E-state index in [0.717, 1.165) is 5.56 Å². The molecule has 182 valence electrons. The second-order valence-corrected chi connectivity index (χ2v) is 8.79. The number of hydrogen-bond acceptors (Lipinski definition) is 8. The van der Waals surface area contributed by atoms with Crippen LogP contribution < -0.4 is 10.5 Å². The van der Waals surface area contributed by atoms with Crippen molar-refractivity contribution in [2.45, 2.75) is 44.0 Å². The summed E-state index contributed by atoms with van der Waals surface area (Å²) in [5, 5.41) is 0. The Kier molecular flexibility index (Phi) is 7.26. The average molecular weight is 472 g/mol. The number of likely N-dealkylation sites (tertiary alicyclic amines) is 2. The van der Waals surface area contributed by atoms with Gasteiger partial charge in [0.25, 0.3) is 5.91 Å². The van der Waals surface area contributed by atoms with Gasteiger partial charge in [-0.1, -0.05) is 12.1 Å². The molecule has 10 heteroatoms. The Hall–Kier alpha value is -3.27. The number of rotatable bonds is 6. The van der Waals surface area contributed by atoms with Gasteiger partial charge in [0, 0.05) is 76.4 Å². The molecule has 2 aliphatic heterocycles. The molecule has 4 rings (SSSR count). The summed E-state index contributed by atoms with van der Waals surface area (Å²) in [5.41, 5.74) is 4.94. The number of aromatic nitrogens is 2. The lowest BCUT2D eigenvalue weighted by molar-refractivity contribution is -0.149. The van der Waals surface area contributed by atoms with Crippen molar-refractivity contribution in [3.63, 3.8) is 0 Å². The number of carbonyl (C=O) groups excluding carboxylic acids is 2. The maximum absolute atomic E-state index is 15.6. The highest BCUT2D eigenvalue weighted by molar-refractivity contribution is 5.92. The van der Waals surface area contributed by atoms with Gasteiger partial charge in [-0.25, -0.2) is 19.2 Å². The lowest BCUT2D eigenvalue weighted by Crippen LogP contribution is -2.54. The number of carbonyl (C=O) groups is 2. The number of nitrogens with zero attached hydrogens (tertiary/aromatic N) is 4. The second kappa shape index (κ2) is 10.3. The van der Waals surface area contributed by atoms with Crippen molar-refractivity contribution < 1.29 is 23.5 Å². The van der Waals surface area contributed by atoms with Crippen LogP contribution in [0, 0.1) is 0 Å². The predicted molar refractivity (Wildman–Crippen MR) is 123 cm³/mol. The molecule has 1 aromatic heterocycles. The summed E-state index contributed by atoms with van der Waals surface area (Å²) in [6.45, 7) is 2.40. The van der Waals surface area contributed by atoms with E-state index >= 15 is 4.39 Å². The van der Waals surface area contributed by atoms with Gasteiger partial charge in [-0.05, 0) is 12.1 Å². The standard InChI is InChI=1S/C24H30FN5O4/c1-33-21(31)19-4-2-3-5-20(19)34-18-6-10-30(11-7-18)22(32)24(25)8-12-29(13-9-24)16-17-14-27-23(26)28-15-17/h2-5,14-15,18H,6-13,16H2,1H3,(H2,26,27,28). The first-order chi connectivity index (χ1) is 16.4. The minimum absolute atomic E-state index is 0.157. The van der Waals surface area contributed by atoms with Gasteiger partial charge in [-0.15, -0.1) is 0 Å². The monoisotopic (exact) mass is 471 g/mol. The van der Waals surface area contributed by atoms with Crippen LogP contribution in [0.4, 0.5) is 10.3 Å². The second-order valence-electron chi connectivity index (χ2n) is 8.79. The quantitative estimate of drug-likeness (QED) is 0.639. The molecule has 2 aromatic rings. The molecule has 0 spiro atoms. The maximum atomic E-state index is 15.6. The number of amides is 1. The van der Waals surface area contributed by atoms with Crippen molar-refractivity contribution in [3.8, 4) is 5.75 Å². The molecule has 2 saturated heterocycles. The zero-order chi connectivity index (χ0) is 24.1. The fourth-order valence-electron chi connectivity index (χ4n) is 4.47. The number of nitrogen functional groups attached to an aromatic ring is 1. The Bertz CT molecular complexity index is 1000. The highest BCUT2D eigenvalue weighted by atomic mass is 19.1. The van der Waals surface area contributed by atoms with Crippen molar-refractivity contribution in [1.29, 1.82) is 0 Å². The third-order valence-corrected chi connectivity index (χ3v) is 6.48. The summed E-state index contributed by atoms with van der Waals surface area (Å²) in [7, 11) is 1.33. The zero-order valence-corrected chi connectivity index (χ0v) is 19.3. The van der Waals surface area contributed by atoms with Crippen molar-refractivity contribution in [3.05, 3.63) is 47.8 Å². The largest absolute Gasteiger partial charge is 0.489 e. The number of piperidine rings is 2. The van der Waals surface area contributed by atoms with Crippen LogP contribution >= 0.6 is 0 Å². The summed E-state index contributed by atoms with van der Waals surface area (Å²) in [4.78, 5) is 36.6. The third kappa shape index (κ3) is 5.44. The molecule has 0 radical (unpaired) electrons. The number of hydrogen-bond donors (Lipinski definition) is 1. The molecule has 1 aromatic carbocycles. The molecule has 0 saturated carbocycles. The molecular formula is C24H30FN5O4. The highest BCUT2D eigenvalue weighted by Gasteiger charge is 2.44. The van der Waals surface area contributed by atoms with Gasteiger partial charge in [-0.2, -0.15) is 0 Å². The van der Waals surface area contributed by atoms with Gasteiger partial charge in [-0.3, -0.25) is 9.69 Å². The van der Waals surface area contributed by atoms with Crippen molar-refractivity contribution in [1.82, 2.24) is 19.8 Å². The van der Waals surface area contributed by atoms with Crippen molar-refractivity contribution in [2.75, 3.05) is 39.0 Å². The molecular weight excluding hydrogens is 441 g/mol. The molecule has 2 N–H and O–H groups in total. The fraction of sp³-hybridized carbons (Fsp3) is 0.500. The van der Waals surface area contributed by atoms with E-state index in [0.29, 0.717) is 56.9 Å². The number of nitrogens with two attached hydrogens (primary N) is 1. The first kappa shape index (κ1) is 23.9. The lowest BCUT2D eigenvalue weighted by atomic mass is 9.90. The Labute approximate surface area is 198 Å². The normalized spacial score (nSPS) is 18.9. The lowest BCUT2D eigenvalue weighted by Gasteiger charge is -2.40. The zero-order valence-electron chi connectivity index (χ0n) is 19.3. The van der Waals surface area contributed by atoms with Crippen LogP contribution in [0.1, 0.15) is 41.6 Å². The molecule has 0 aliphatic carbocycles. The summed E-state index contributed by atoms with van der Waals surface area (Å²) in [6.07, 6.45) is 4.63. The number of benzene rings is 1. The predicted octanol–water partition coefficient (Wildman–Crippen LogP) is 2.22. The first-order valence-corrected chi connectivity index (χ1v) is 11.5. The minimum Gasteiger partial charge on any atom is -0.489 e. The summed E-state index contributed by atoms with van der Waals surface area (Å²) in [6, 6.07) is 6.92. The Morgan fingerprint density at radius 1 is 1.12 bits per heavy atom. The minimum atomic E-state index is -1.85. The average Bonchev–Trinajstić information content (AvgIpc) is 2.87. The van der Waals surface area contributed by atoms with Gasteiger partial charge in [0.05, 0.1) is 7.11 Å². The molecule has 2 aliphatic rings. The molecule has 9 nitrogen and oxygen atoms in total. The van der Waals surface area contributed by atoms with Crippen LogP contribution in [0.3, 0.4) is 0 Å². The van der Waals surface area contributed by atoms with E-state index in [1.54, 1.807) is 41.6 Å². The summed E-state index contributed by atoms with van der Waals surface area (Å²) in [5.74, 6) is -0.216. The van der Waals surface area contributed by atoms with Crippen LogP contribution in [0.5, 0.6) is 5.75 Å². The van der Waals surface area contributed by atoms with Crippen LogP contribution in [0.2, 0.25) is 0 Å². The first-order valence-electron chi connectivity index (χ1n) is 11.5. The maximum Gasteiger partial charge on any atom is 0.341 e. The highest BCUT2D eigenvalue weighted by Crippen LogP contribution is 2.31. The molecule has 0 bridgehead atoms. The third-order valence-electron chi connectivity index (χ3n) is 6.48. The molecule has 1 amide bonds. The van der Waals surface area contributed by atoms with Crippen molar-refractivity contribution in [2.24, 2.45) is 0 Å². The Morgan fingerprint density at radius 3 is 2.41 bits per heavy atom. The van der Waals surface area contributed by atoms with Crippen molar-refractivity contribution >= 4 is 17.8 Å². The van der Waals surface area contributed by atoms with E-state index in [1.807, 2.05) is 0 Å². The number of alkyl halides is 1. The molecule has 0 atom stereocenters. The molecule has 34 heavy (non-hydrogen) atoms. The number of halogens is 1. The summed E-state index contributed by atoms with van der Waals surface area (Å²) < 4.78 is 26.4. The molecule has 2 fully saturated rings. The Balaban J connectivity index is 1.27. The number of ether oxygens (including phenoxy) is 2. The van der Waals surface area contributed by atoms with Crippen LogP contribution in [-0.2, 0) is 16.1 Å². The number of anilines is 1. The molecule has 3 heterocycles. The van der Waals surface area contributed by atoms with E-state index in [-0.39, 0.29) is 24.9 Å². The topological polar surface area (TPSA) is 111 Å². The van der Waals surface area contributed by atoms with Crippen LogP contribution in [0.15, 0.2) is 36.7 Å². The summed E-state index contributed by atoms with van der Waals surface area (Å²) >= 11 is 0. The van der Waals surface area contributed by atoms with Gasteiger partial charge < -0.3 is 20.1 Å². The van der Waals surface area contributed by atoms with Gasteiger partial charge in [0.2, 0.25) is 5.95 Å².